The highest BCUT2D eigenvalue weighted by Gasteiger charge is 2.35. The van der Waals surface area contributed by atoms with E-state index in [1.807, 2.05) is 24.3 Å². The van der Waals surface area contributed by atoms with Crippen LogP contribution in [0.4, 0.5) is 4.79 Å². The summed E-state index contributed by atoms with van der Waals surface area (Å²) in [6.07, 6.45) is 0.928. The summed E-state index contributed by atoms with van der Waals surface area (Å²) in [7, 11) is 1.34. The van der Waals surface area contributed by atoms with E-state index in [4.69, 9.17) is 16.3 Å². The van der Waals surface area contributed by atoms with Crippen LogP contribution in [0.25, 0.3) is 0 Å². The molecule has 0 fully saturated rings. The second-order valence-electron chi connectivity index (χ2n) is 7.17. The maximum absolute atomic E-state index is 12.7. The number of hydrogen-bond acceptors (Lipinski definition) is 4. The first-order valence-corrected chi connectivity index (χ1v) is 9.87. The van der Waals surface area contributed by atoms with Crippen molar-refractivity contribution in [2.24, 2.45) is 0 Å². The van der Waals surface area contributed by atoms with Gasteiger partial charge in [0.25, 0.3) is 0 Å². The van der Waals surface area contributed by atoms with Gasteiger partial charge in [0.05, 0.1) is 18.7 Å². The van der Waals surface area contributed by atoms with Gasteiger partial charge in [-0.3, -0.25) is 4.90 Å². The van der Waals surface area contributed by atoms with Crippen LogP contribution in [0.5, 0.6) is 0 Å². The monoisotopic (exact) mass is 411 g/mol. The number of esters is 1. The third-order valence-electron chi connectivity index (χ3n) is 5.37. The van der Waals surface area contributed by atoms with E-state index in [-0.39, 0.29) is 6.03 Å². The number of methoxy groups -OCH3 is 1. The zero-order valence-corrected chi connectivity index (χ0v) is 16.8. The van der Waals surface area contributed by atoms with E-state index in [0.29, 0.717) is 28.4 Å². The Labute approximate surface area is 174 Å². The lowest BCUT2D eigenvalue weighted by Crippen LogP contribution is -2.49. The van der Waals surface area contributed by atoms with E-state index in [2.05, 4.69) is 27.7 Å². The average molecular weight is 412 g/mol. The third-order valence-corrected chi connectivity index (χ3v) is 5.71. The van der Waals surface area contributed by atoms with Crippen LogP contribution in [0.15, 0.2) is 59.8 Å². The lowest BCUT2D eigenvalue weighted by molar-refractivity contribution is -0.136. The van der Waals surface area contributed by atoms with Crippen molar-refractivity contribution in [3.05, 3.63) is 81.5 Å². The minimum atomic E-state index is -0.669. The predicted molar refractivity (Wildman–Crippen MR) is 110 cm³/mol. The molecule has 0 spiro atoms. The fraction of sp³-hybridized carbons (Fsp3) is 0.273. The van der Waals surface area contributed by atoms with E-state index in [1.54, 1.807) is 12.1 Å². The molecule has 0 radical (unpaired) electrons. The van der Waals surface area contributed by atoms with Gasteiger partial charge in [-0.05, 0) is 29.2 Å². The fourth-order valence-electron chi connectivity index (χ4n) is 3.95. The average Bonchev–Trinajstić information content (AvgIpc) is 2.73. The molecule has 29 heavy (non-hydrogen) atoms. The molecule has 2 N–H and O–H groups in total. The Morgan fingerprint density at radius 2 is 1.90 bits per heavy atom. The van der Waals surface area contributed by atoms with Crippen molar-refractivity contribution >= 4 is 23.6 Å². The van der Waals surface area contributed by atoms with Gasteiger partial charge in [0.1, 0.15) is 0 Å². The largest absolute Gasteiger partial charge is 0.466 e. The highest BCUT2D eigenvalue weighted by Crippen LogP contribution is 2.32. The Balaban J connectivity index is 1.69. The Morgan fingerprint density at radius 3 is 2.66 bits per heavy atom. The maximum atomic E-state index is 12.7. The fourth-order valence-corrected chi connectivity index (χ4v) is 4.19. The number of ether oxygens (including phenoxy) is 1. The molecule has 150 valence electrons. The maximum Gasteiger partial charge on any atom is 0.338 e. The Morgan fingerprint density at radius 1 is 1.17 bits per heavy atom. The molecule has 0 saturated heterocycles. The van der Waals surface area contributed by atoms with Gasteiger partial charge < -0.3 is 15.4 Å². The molecule has 1 atom stereocenters. The van der Waals surface area contributed by atoms with Gasteiger partial charge in [0.2, 0.25) is 0 Å². The van der Waals surface area contributed by atoms with Crippen molar-refractivity contribution in [2.75, 3.05) is 20.2 Å². The zero-order valence-electron chi connectivity index (χ0n) is 16.1. The summed E-state index contributed by atoms with van der Waals surface area (Å²) in [6, 6.07) is 14.5. The molecule has 0 saturated carbocycles. The van der Waals surface area contributed by atoms with Crippen molar-refractivity contribution < 1.29 is 14.3 Å². The zero-order chi connectivity index (χ0) is 20.4. The quantitative estimate of drug-likeness (QED) is 0.758. The van der Waals surface area contributed by atoms with Gasteiger partial charge in [-0.25, -0.2) is 9.59 Å². The molecule has 6 nitrogen and oxygen atoms in total. The van der Waals surface area contributed by atoms with Crippen LogP contribution >= 0.6 is 11.6 Å². The first-order chi connectivity index (χ1) is 14.1. The summed E-state index contributed by atoms with van der Waals surface area (Å²) < 4.78 is 5.04. The minimum absolute atomic E-state index is 0.366. The van der Waals surface area contributed by atoms with Crippen molar-refractivity contribution in [3.8, 4) is 0 Å². The molecule has 0 bridgehead atoms. The molecule has 2 aromatic carbocycles. The van der Waals surface area contributed by atoms with Crippen molar-refractivity contribution in [3.63, 3.8) is 0 Å². The van der Waals surface area contributed by atoms with E-state index in [1.165, 1.54) is 18.2 Å². The molecule has 2 amide bonds. The normalized spacial score (nSPS) is 19.2. The van der Waals surface area contributed by atoms with E-state index >= 15 is 0 Å². The number of urea groups is 1. The molecule has 2 aliphatic heterocycles. The predicted octanol–water partition coefficient (Wildman–Crippen LogP) is 3.18. The second kappa shape index (κ2) is 8.27. The molecule has 0 unspecified atom stereocenters. The molecule has 2 aromatic rings. The lowest BCUT2D eigenvalue weighted by atomic mass is 9.94. The van der Waals surface area contributed by atoms with Crippen LogP contribution in [0.1, 0.15) is 22.7 Å². The molecule has 4 rings (SSSR count). The summed E-state index contributed by atoms with van der Waals surface area (Å²) in [6.45, 7) is 2.04. The summed E-state index contributed by atoms with van der Waals surface area (Å²) in [5.74, 6) is -0.491. The van der Waals surface area contributed by atoms with Crippen LogP contribution in [-0.4, -0.2) is 37.1 Å². The van der Waals surface area contributed by atoms with E-state index in [0.717, 1.165) is 19.5 Å². The van der Waals surface area contributed by atoms with Crippen LogP contribution < -0.4 is 10.6 Å². The number of benzene rings is 2. The summed E-state index contributed by atoms with van der Waals surface area (Å²) >= 11 is 6.36. The SMILES string of the molecule is COC(=O)C1=C(CN2CCc3ccccc3C2)NC(=O)N[C@H]1c1ccccc1Cl. The standard InChI is InChI=1S/C22H22ClN3O3/c1-29-21(27)19-18(13-26-11-10-14-6-2-3-7-15(14)12-26)24-22(28)25-20(19)16-8-4-5-9-17(16)23/h2-9,20H,10-13H2,1H3,(H2,24,25,28)/t20-/m0/s1. The van der Waals surface area contributed by atoms with Gasteiger partial charge in [-0.15, -0.1) is 0 Å². The first kappa shape index (κ1) is 19.5. The van der Waals surface area contributed by atoms with Gasteiger partial charge in [0.15, 0.2) is 0 Å². The van der Waals surface area contributed by atoms with Gasteiger partial charge in [-0.2, -0.15) is 0 Å². The molecular formula is C22H22ClN3O3. The van der Waals surface area contributed by atoms with E-state index in [9.17, 15) is 9.59 Å². The number of fused-ring (bicyclic) bond motifs is 1. The van der Waals surface area contributed by atoms with Crippen molar-refractivity contribution in [1.29, 1.82) is 0 Å². The van der Waals surface area contributed by atoms with Crippen LogP contribution in [0, 0.1) is 0 Å². The van der Waals surface area contributed by atoms with Gasteiger partial charge in [-0.1, -0.05) is 54.1 Å². The molecule has 0 aromatic heterocycles. The lowest BCUT2D eigenvalue weighted by Gasteiger charge is -2.34. The number of carbonyl (C=O) groups excluding carboxylic acids is 2. The van der Waals surface area contributed by atoms with Gasteiger partial charge >= 0.3 is 12.0 Å². The molecular weight excluding hydrogens is 390 g/mol. The summed E-state index contributed by atoms with van der Waals surface area (Å²) in [4.78, 5) is 27.3. The number of nitrogens with one attached hydrogen (secondary N) is 2. The van der Waals surface area contributed by atoms with Crippen molar-refractivity contribution in [1.82, 2.24) is 15.5 Å². The molecule has 2 heterocycles. The van der Waals surface area contributed by atoms with Crippen molar-refractivity contribution in [2.45, 2.75) is 19.0 Å². The molecule has 7 heteroatoms. The van der Waals surface area contributed by atoms with Crippen LogP contribution in [0.2, 0.25) is 5.02 Å². The summed E-state index contributed by atoms with van der Waals surface area (Å²) in [5.41, 5.74) is 4.19. The Kier molecular flexibility index (Phi) is 5.56. The van der Waals surface area contributed by atoms with Gasteiger partial charge in [0, 0.05) is 30.4 Å². The number of amides is 2. The molecule has 0 aliphatic carbocycles. The highest BCUT2D eigenvalue weighted by atomic mass is 35.5. The number of nitrogens with zero attached hydrogens (tertiary/aromatic N) is 1. The highest BCUT2D eigenvalue weighted by molar-refractivity contribution is 6.31. The Hall–Kier alpha value is -2.83. The van der Waals surface area contributed by atoms with Crippen LogP contribution in [-0.2, 0) is 22.5 Å². The smallest absolute Gasteiger partial charge is 0.338 e. The van der Waals surface area contributed by atoms with Crippen LogP contribution in [0.3, 0.4) is 0 Å². The topological polar surface area (TPSA) is 70.7 Å². The number of carbonyl (C=O) groups is 2. The number of rotatable bonds is 4. The second-order valence-corrected chi connectivity index (χ2v) is 7.57. The Bertz CT molecular complexity index is 989. The number of halogens is 1. The third kappa shape index (κ3) is 3.99. The first-order valence-electron chi connectivity index (χ1n) is 9.49. The van der Waals surface area contributed by atoms with E-state index < -0.39 is 12.0 Å². The molecule has 2 aliphatic rings. The summed E-state index contributed by atoms with van der Waals surface area (Å²) in [5, 5.41) is 6.11. The number of hydrogen-bond donors (Lipinski definition) is 2. The minimum Gasteiger partial charge on any atom is -0.466 e.